The number of carbonyl (C=O) groups is 3. The molecule has 4 aromatic carbocycles. The molecule has 6 rings (SSSR count). The maximum atomic E-state index is 13.4. The Morgan fingerprint density at radius 3 is 1.47 bits per heavy atom. The van der Waals surface area contributed by atoms with Crippen LogP contribution in [-0.2, 0) is 22.6 Å². The van der Waals surface area contributed by atoms with Crippen LogP contribution < -0.4 is 10.2 Å². The maximum absolute atomic E-state index is 13.4. The highest BCUT2D eigenvalue weighted by atomic mass is 16.5. The molecule has 58 heavy (non-hydrogen) atoms. The van der Waals surface area contributed by atoms with Crippen LogP contribution in [0.3, 0.4) is 0 Å². The summed E-state index contributed by atoms with van der Waals surface area (Å²) >= 11 is 0. The minimum absolute atomic E-state index is 0.00630. The number of esters is 2. The van der Waals surface area contributed by atoms with Gasteiger partial charge in [-0.2, -0.15) is 0 Å². The van der Waals surface area contributed by atoms with Gasteiger partial charge in [0.2, 0.25) is 0 Å². The number of methoxy groups -OCH3 is 2. The predicted molar refractivity (Wildman–Crippen MR) is 235 cm³/mol. The van der Waals surface area contributed by atoms with Crippen molar-refractivity contribution in [2.45, 2.75) is 85.0 Å². The number of nitrogens with zero attached hydrogens (tertiary/aromatic N) is 4. The van der Waals surface area contributed by atoms with Crippen LogP contribution in [0, 0.1) is 0 Å². The zero-order valence-electron chi connectivity index (χ0n) is 36.0. The van der Waals surface area contributed by atoms with Crippen LogP contribution in [0.15, 0.2) is 109 Å². The number of piperazine rings is 1. The third-order valence-corrected chi connectivity index (χ3v) is 10.5. The molecule has 2 saturated heterocycles. The average molecular weight is 792 g/mol. The highest BCUT2D eigenvalue weighted by Gasteiger charge is 2.30. The number of rotatable bonds is 8. The molecule has 0 radical (unpaired) electrons. The number of para-hydroxylation sites is 2. The molecule has 0 bridgehead atoms. The molecule has 312 valence electrons. The molecule has 2 amide bonds. The summed E-state index contributed by atoms with van der Waals surface area (Å²) < 4.78 is 9.41. The lowest BCUT2D eigenvalue weighted by Gasteiger charge is -2.43. The largest absolute Gasteiger partial charge is 0.465 e. The summed E-state index contributed by atoms with van der Waals surface area (Å²) in [4.78, 5) is 45.1. The molecular formula is C48H65N5O5. The minimum atomic E-state index is -0.366. The van der Waals surface area contributed by atoms with E-state index < -0.39 is 0 Å². The normalized spacial score (nSPS) is 14.8. The Hall–Kier alpha value is -5.19. The molecule has 0 atom stereocenters. The van der Waals surface area contributed by atoms with E-state index in [4.69, 9.17) is 4.74 Å². The lowest BCUT2D eigenvalue weighted by molar-refractivity contribution is 0.0592. The summed E-state index contributed by atoms with van der Waals surface area (Å²) in [5.74, 6) is -0.674. The highest BCUT2D eigenvalue weighted by molar-refractivity contribution is 5.92. The second-order valence-electron chi connectivity index (χ2n) is 16.7. The first-order chi connectivity index (χ1) is 27.7. The standard InChI is InChI=1S/C24H31N3O3.C15H15NO2.C9H19N/c1-24(2,3)26-16-14-25(15-17-26)23(29)27(21-8-6-5-7-9-21)18-19-10-12-20(13-11-19)22(28)30-4;1-18-15(17)13-9-7-12(8-10-13)11-16-14-5-3-2-4-6-14;1-9(2,3)10-7-5-4-6-8-10/h5-13H,14-18H2,1-4H3;2-10,16H,11H2,1H3;4-8H2,1-3H3. The first-order valence-electron chi connectivity index (χ1n) is 20.4. The van der Waals surface area contributed by atoms with Crippen molar-refractivity contribution < 1.29 is 23.9 Å². The highest BCUT2D eigenvalue weighted by Crippen LogP contribution is 2.23. The molecule has 10 heteroatoms. The Balaban J connectivity index is 0.000000223. The van der Waals surface area contributed by atoms with Gasteiger partial charge in [0, 0.05) is 55.2 Å². The first-order valence-corrected chi connectivity index (χ1v) is 20.4. The Bertz CT molecular complexity index is 1820. The number of hydrogen-bond donors (Lipinski definition) is 1. The molecule has 2 fully saturated rings. The summed E-state index contributed by atoms with van der Waals surface area (Å²) in [7, 11) is 2.75. The van der Waals surface area contributed by atoms with Gasteiger partial charge in [0.05, 0.1) is 31.9 Å². The van der Waals surface area contributed by atoms with Crippen LogP contribution in [0.5, 0.6) is 0 Å². The van der Waals surface area contributed by atoms with Gasteiger partial charge in [0.15, 0.2) is 0 Å². The molecule has 0 aliphatic carbocycles. The van der Waals surface area contributed by atoms with Gasteiger partial charge in [-0.25, -0.2) is 14.4 Å². The van der Waals surface area contributed by atoms with E-state index in [2.05, 4.69) is 61.4 Å². The van der Waals surface area contributed by atoms with E-state index in [0.717, 1.165) is 42.1 Å². The van der Waals surface area contributed by atoms with E-state index in [0.29, 0.717) is 36.3 Å². The van der Waals surface area contributed by atoms with Gasteiger partial charge in [-0.05, 0) is 127 Å². The van der Waals surface area contributed by atoms with Gasteiger partial charge in [-0.15, -0.1) is 0 Å². The molecule has 0 saturated carbocycles. The van der Waals surface area contributed by atoms with Gasteiger partial charge in [0.25, 0.3) is 0 Å². The Labute approximate surface area is 347 Å². The number of nitrogens with one attached hydrogen (secondary N) is 1. The lowest BCUT2D eigenvalue weighted by atomic mass is 10.0. The Kier molecular flexibility index (Phi) is 17.3. The molecule has 2 aliphatic heterocycles. The molecule has 10 nitrogen and oxygen atoms in total. The zero-order valence-corrected chi connectivity index (χ0v) is 36.0. The number of ether oxygens (including phenoxy) is 2. The zero-order chi connectivity index (χ0) is 42.1. The summed E-state index contributed by atoms with van der Waals surface area (Å²) in [5.41, 5.74) is 5.58. The fourth-order valence-electron chi connectivity index (χ4n) is 6.86. The van der Waals surface area contributed by atoms with Gasteiger partial charge < -0.3 is 19.7 Å². The van der Waals surface area contributed by atoms with Crippen LogP contribution in [0.25, 0.3) is 0 Å². The van der Waals surface area contributed by atoms with Gasteiger partial charge in [0.1, 0.15) is 0 Å². The number of carbonyl (C=O) groups excluding carboxylic acids is 3. The van der Waals surface area contributed by atoms with E-state index in [9.17, 15) is 14.4 Å². The molecule has 2 heterocycles. The van der Waals surface area contributed by atoms with E-state index in [1.807, 2.05) is 89.8 Å². The third kappa shape index (κ3) is 14.3. The fourth-order valence-corrected chi connectivity index (χ4v) is 6.86. The first kappa shape index (κ1) is 45.5. The van der Waals surface area contributed by atoms with Crippen LogP contribution >= 0.6 is 0 Å². The Morgan fingerprint density at radius 1 is 0.569 bits per heavy atom. The van der Waals surface area contributed by atoms with E-state index >= 15 is 0 Å². The van der Waals surface area contributed by atoms with Crippen molar-refractivity contribution in [3.05, 3.63) is 131 Å². The van der Waals surface area contributed by atoms with Crippen LogP contribution in [0.2, 0.25) is 0 Å². The van der Waals surface area contributed by atoms with Gasteiger partial charge in [-0.3, -0.25) is 14.7 Å². The van der Waals surface area contributed by atoms with Crippen molar-refractivity contribution in [3.63, 3.8) is 0 Å². The van der Waals surface area contributed by atoms with Crippen molar-refractivity contribution >= 4 is 29.3 Å². The molecule has 0 unspecified atom stereocenters. The second kappa shape index (κ2) is 22.1. The number of amides is 2. The van der Waals surface area contributed by atoms with E-state index in [-0.39, 0.29) is 23.5 Å². The molecule has 0 spiro atoms. The van der Waals surface area contributed by atoms with E-state index in [1.165, 1.54) is 46.6 Å². The molecule has 2 aliphatic rings. The summed E-state index contributed by atoms with van der Waals surface area (Å²) in [6.45, 7) is 20.5. The van der Waals surface area contributed by atoms with Crippen molar-refractivity contribution in [3.8, 4) is 0 Å². The number of piperidine rings is 1. The molecular weight excluding hydrogens is 727 g/mol. The quantitative estimate of drug-likeness (QED) is 0.177. The number of likely N-dealkylation sites (tertiary alicyclic amines) is 1. The topological polar surface area (TPSA) is 94.7 Å². The van der Waals surface area contributed by atoms with Gasteiger partial charge in [-0.1, -0.05) is 67.1 Å². The van der Waals surface area contributed by atoms with Crippen molar-refractivity contribution in [1.29, 1.82) is 0 Å². The minimum Gasteiger partial charge on any atom is -0.465 e. The Morgan fingerprint density at radius 2 is 1.02 bits per heavy atom. The van der Waals surface area contributed by atoms with E-state index in [1.54, 1.807) is 29.2 Å². The van der Waals surface area contributed by atoms with Crippen LogP contribution in [0.4, 0.5) is 16.2 Å². The van der Waals surface area contributed by atoms with Crippen molar-refractivity contribution in [2.75, 3.05) is 63.7 Å². The van der Waals surface area contributed by atoms with Crippen molar-refractivity contribution in [2.24, 2.45) is 0 Å². The third-order valence-electron chi connectivity index (χ3n) is 10.5. The fraction of sp³-hybridized carbons (Fsp3) is 0.438. The number of anilines is 2. The summed E-state index contributed by atoms with van der Waals surface area (Å²) in [6, 6.07) is 34.3. The van der Waals surface area contributed by atoms with Crippen LogP contribution in [0.1, 0.15) is 92.6 Å². The summed E-state index contributed by atoms with van der Waals surface area (Å²) in [5, 5.41) is 3.31. The predicted octanol–water partition coefficient (Wildman–Crippen LogP) is 9.37. The summed E-state index contributed by atoms with van der Waals surface area (Å²) in [6.07, 6.45) is 4.24. The molecule has 1 N–H and O–H groups in total. The lowest BCUT2D eigenvalue weighted by Crippen LogP contribution is -2.57. The monoisotopic (exact) mass is 791 g/mol. The SMILES string of the molecule is CC(C)(C)N1CCCCC1.COC(=O)c1ccc(CN(C(=O)N2CCN(C(C)(C)C)CC2)c2ccccc2)cc1.COC(=O)c1ccc(CNc2ccccc2)cc1. The smallest absolute Gasteiger partial charge is 0.337 e. The number of hydrogen-bond acceptors (Lipinski definition) is 8. The molecule has 4 aromatic rings. The average Bonchev–Trinajstić information content (AvgIpc) is 3.25. The van der Waals surface area contributed by atoms with Gasteiger partial charge >= 0.3 is 18.0 Å². The van der Waals surface area contributed by atoms with Crippen molar-refractivity contribution in [1.82, 2.24) is 14.7 Å². The maximum Gasteiger partial charge on any atom is 0.337 e. The second-order valence-corrected chi connectivity index (χ2v) is 16.7. The van der Waals surface area contributed by atoms with Crippen LogP contribution in [-0.4, -0.2) is 97.2 Å². The number of benzene rings is 4. The number of urea groups is 1. The molecule has 0 aromatic heterocycles.